The lowest BCUT2D eigenvalue weighted by Gasteiger charge is -2.33. The number of nitrogens with zero attached hydrogens (tertiary/aromatic N) is 2. The Morgan fingerprint density at radius 1 is 1.25 bits per heavy atom. The predicted octanol–water partition coefficient (Wildman–Crippen LogP) is 3.84. The number of morpholine rings is 1. The maximum absolute atomic E-state index is 12.7. The highest BCUT2D eigenvalue weighted by Crippen LogP contribution is 2.26. The van der Waals surface area contributed by atoms with Crippen LogP contribution in [0, 0.1) is 0 Å². The van der Waals surface area contributed by atoms with Gasteiger partial charge in [-0.05, 0) is 42.0 Å². The number of hydrogen-bond acceptors (Lipinski definition) is 5. The van der Waals surface area contributed by atoms with Crippen LogP contribution in [0.25, 0.3) is 11.5 Å². The van der Waals surface area contributed by atoms with Crippen LogP contribution < -0.4 is 0 Å². The Bertz CT molecular complexity index is 971. The van der Waals surface area contributed by atoms with Gasteiger partial charge < -0.3 is 19.2 Å². The molecule has 144 valence electrons. The number of aromatic nitrogens is 1. The Hall–Kier alpha value is -2.83. The number of rotatable bonds is 4. The van der Waals surface area contributed by atoms with E-state index in [4.69, 9.17) is 20.8 Å². The molecule has 1 aromatic heterocycles. The zero-order chi connectivity index (χ0) is 19.5. The Morgan fingerprint density at radius 3 is 2.86 bits per heavy atom. The van der Waals surface area contributed by atoms with Gasteiger partial charge in [-0.25, -0.2) is 4.98 Å². The number of aromatic hydroxyl groups is 1. The van der Waals surface area contributed by atoms with Crippen LogP contribution in [0.3, 0.4) is 0 Å². The van der Waals surface area contributed by atoms with E-state index in [0.29, 0.717) is 36.3 Å². The second-order valence-electron chi connectivity index (χ2n) is 6.62. The molecule has 1 aliphatic rings. The molecule has 0 radical (unpaired) electrons. The zero-order valence-corrected chi connectivity index (χ0v) is 15.8. The highest BCUT2D eigenvalue weighted by atomic mass is 35.5. The van der Waals surface area contributed by atoms with Crippen LogP contribution in [-0.2, 0) is 16.0 Å². The first-order valence-corrected chi connectivity index (χ1v) is 9.35. The lowest BCUT2D eigenvalue weighted by atomic mass is 10.1. The molecule has 1 aliphatic heterocycles. The maximum atomic E-state index is 12.7. The van der Waals surface area contributed by atoms with Crippen molar-refractivity contribution >= 4 is 17.5 Å². The topological polar surface area (TPSA) is 75.8 Å². The monoisotopic (exact) mass is 398 g/mol. The minimum absolute atomic E-state index is 0.0376. The molecule has 28 heavy (non-hydrogen) atoms. The van der Waals surface area contributed by atoms with Gasteiger partial charge in [-0.1, -0.05) is 23.7 Å². The van der Waals surface area contributed by atoms with E-state index >= 15 is 0 Å². The smallest absolute Gasteiger partial charge is 0.228 e. The zero-order valence-electron chi connectivity index (χ0n) is 15.0. The average molecular weight is 399 g/mol. The fourth-order valence-electron chi connectivity index (χ4n) is 3.18. The highest BCUT2D eigenvalue weighted by Gasteiger charge is 2.26. The third-order valence-corrected chi connectivity index (χ3v) is 4.89. The van der Waals surface area contributed by atoms with Gasteiger partial charge >= 0.3 is 0 Å². The normalized spacial score (nSPS) is 16.9. The van der Waals surface area contributed by atoms with Crippen LogP contribution in [0.1, 0.15) is 17.4 Å². The molecular weight excluding hydrogens is 380 g/mol. The second-order valence-corrected chi connectivity index (χ2v) is 7.06. The van der Waals surface area contributed by atoms with Crippen LogP contribution in [-0.4, -0.2) is 40.6 Å². The molecular formula is C21H19ClN2O4. The van der Waals surface area contributed by atoms with Gasteiger partial charge in [-0.3, -0.25) is 4.79 Å². The quantitative estimate of drug-likeness (QED) is 0.722. The largest absolute Gasteiger partial charge is 0.508 e. The van der Waals surface area contributed by atoms with E-state index in [-0.39, 0.29) is 24.2 Å². The van der Waals surface area contributed by atoms with E-state index in [1.165, 1.54) is 6.26 Å². The van der Waals surface area contributed by atoms with Gasteiger partial charge in [-0.2, -0.15) is 0 Å². The van der Waals surface area contributed by atoms with Crippen LogP contribution in [0.4, 0.5) is 0 Å². The molecule has 2 aromatic carbocycles. The molecule has 3 aromatic rings. The molecule has 1 atom stereocenters. The first-order valence-electron chi connectivity index (χ1n) is 8.97. The van der Waals surface area contributed by atoms with Gasteiger partial charge in [0.1, 0.15) is 18.1 Å². The van der Waals surface area contributed by atoms with Crippen molar-refractivity contribution in [3.8, 4) is 17.2 Å². The predicted molar refractivity (Wildman–Crippen MR) is 104 cm³/mol. The second kappa shape index (κ2) is 8.04. The number of phenolic OH excluding ortho intramolecular Hbond substituents is 1. The van der Waals surface area contributed by atoms with Crippen LogP contribution in [0.15, 0.2) is 59.2 Å². The lowest BCUT2D eigenvalue weighted by Crippen LogP contribution is -2.43. The molecule has 7 heteroatoms. The molecule has 0 bridgehead atoms. The number of ether oxygens (including phenoxy) is 1. The number of carbonyl (C=O) groups excluding carboxylic acids is 1. The number of benzene rings is 2. The van der Waals surface area contributed by atoms with Crippen LogP contribution in [0.5, 0.6) is 5.75 Å². The van der Waals surface area contributed by atoms with Gasteiger partial charge in [-0.15, -0.1) is 0 Å². The van der Waals surface area contributed by atoms with Crippen molar-refractivity contribution in [2.24, 2.45) is 0 Å². The van der Waals surface area contributed by atoms with E-state index in [9.17, 15) is 9.90 Å². The standard InChI is InChI=1S/C21H19ClN2O4/c22-16-6-4-14(5-7-16)21-23-17(13-28-21)11-20(26)24-8-9-27-19(12-24)15-2-1-3-18(25)10-15/h1-7,10,13,19,25H,8-9,11-12H2. The van der Waals surface area contributed by atoms with Gasteiger partial charge in [0.05, 0.1) is 25.3 Å². The number of hydrogen-bond donors (Lipinski definition) is 1. The van der Waals surface area contributed by atoms with Gasteiger partial charge in [0.2, 0.25) is 11.8 Å². The first-order chi connectivity index (χ1) is 13.6. The van der Waals surface area contributed by atoms with Crippen molar-refractivity contribution in [3.05, 3.63) is 71.1 Å². The summed E-state index contributed by atoms with van der Waals surface area (Å²) in [4.78, 5) is 18.9. The van der Waals surface area contributed by atoms with E-state index in [1.807, 2.05) is 18.2 Å². The molecule has 6 nitrogen and oxygen atoms in total. The van der Waals surface area contributed by atoms with Crippen molar-refractivity contribution < 1.29 is 19.1 Å². The maximum Gasteiger partial charge on any atom is 0.228 e. The van der Waals surface area contributed by atoms with Crippen molar-refractivity contribution in [3.63, 3.8) is 0 Å². The fraction of sp³-hybridized carbons (Fsp3) is 0.238. The van der Waals surface area contributed by atoms with E-state index in [2.05, 4.69) is 4.98 Å². The SMILES string of the molecule is O=C(Cc1coc(-c2ccc(Cl)cc2)n1)N1CCOC(c2cccc(O)c2)C1. The Balaban J connectivity index is 1.41. The average Bonchev–Trinajstić information content (AvgIpc) is 3.17. The first kappa shape index (κ1) is 18.5. The summed E-state index contributed by atoms with van der Waals surface area (Å²) in [6, 6.07) is 14.1. The Kier molecular flexibility index (Phi) is 5.32. The highest BCUT2D eigenvalue weighted by molar-refractivity contribution is 6.30. The van der Waals surface area contributed by atoms with Crippen molar-refractivity contribution in [2.75, 3.05) is 19.7 Å². The summed E-state index contributed by atoms with van der Waals surface area (Å²) in [5.74, 6) is 0.602. The molecule has 0 saturated carbocycles. The molecule has 2 heterocycles. The van der Waals surface area contributed by atoms with Crippen LogP contribution in [0.2, 0.25) is 5.02 Å². The van der Waals surface area contributed by atoms with Gasteiger partial charge in [0.25, 0.3) is 0 Å². The molecule has 0 aliphatic carbocycles. The Morgan fingerprint density at radius 2 is 2.07 bits per heavy atom. The van der Waals surface area contributed by atoms with Crippen molar-refractivity contribution in [2.45, 2.75) is 12.5 Å². The lowest BCUT2D eigenvalue weighted by molar-refractivity contribution is -0.138. The van der Waals surface area contributed by atoms with Crippen LogP contribution >= 0.6 is 11.6 Å². The molecule has 1 saturated heterocycles. The third kappa shape index (κ3) is 4.18. The van der Waals surface area contributed by atoms with Crippen molar-refractivity contribution in [1.82, 2.24) is 9.88 Å². The van der Waals surface area contributed by atoms with Gasteiger partial charge in [0.15, 0.2) is 0 Å². The van der Waals surface area contributed by atoms with E-state index in [0.717, 1.165) is 11.1 Å². The molecule has 1 fully saturated rings. The summed E-state index contributed by atoms with van der Waals surface area (Å²) in [5, 5.41) is 10.3. The summed E-state index contributed by atoms with van der Waals surface area (Å²) in [5.41, 5.74) is 2.23. The minimum Gasteiger partial charge on any atom is -0.508 e. The van der Waals surface area contributed by atoms with Gasteiger partial charge in [0, 0.05) is 17.1 Å². The summed E-state index contributed by atoms with van der Waals surface area (Å²) in [7, 11) is 0. The Labute approximate surface area is 167 Å². The molecule has 1 N–H and O–H groups in total. The third-order valence-electron chi connectivity index (χ3n) is 4.64. The number of phenols is 1. The summed E-state index contributed by atoms with van der Waals surface area (Å²) >= 11 is 5.90. The molecule has 1 amide bonds. The summed E-state index contributed by atoms with van der Waals surface area (Å²) in [6.07, 6.45) is 1.41. The molecule has 4 rings (SSSR count). The van der Waals surface area contributed by atoms with E-state index in [1.54, 1.807) is 35.2 Å². The molecule has 1 unspecified atom stereocenters. The number of carbonyl (C=O) groups is 1. The summed E-state index contributed by atoms with van der Waals surface area (Å²) < 4.78 is 11.3. The molecule has 0 spiro atoms. The number of oxazole rings is 1. The summed E-state index contributed by atoms with van der Waals surface area (Å²) in [6.45, 7) is 1.40. The minimum atomic E-state index is -0.258. The van der Waals surface area contributed by atoms with Crippen molar-refractivity contribution in [1.29, 1.82) is 0 Å². The van der Waals surface area contributed by atoms with E-state index < -0.39 is 0 Å². The number of halogens is 1. The fourth-order valence-corrected chi connectivity index (χ4v) is 3.31. The number of amides is 1.